The molecule has 1 N–H and O–H groups in total. The van der Waals surface area contributed by atoms with Gasteiger partial charge in [0.15, 0.2) is 0 Å². The maximum absolute atomic E-state index is 12.3. The third-order valence-corrected chi connectivity index (χ3v) is 5.09. The fourth-order valence-electron chi connectivity index (χ4n) is 2.07. The van der Waals surface area contributed by atoms with Crippen molar-refractivity contribution in [1.29, 1.82) is 0 Å². The Hall–Kier alpha value is -1.73. The molecule has 7 heteroatoms. The molecule has 1 aromatic carbocycles. The summed E-state index contributed by atoms with van der Waals surface area (Å²) in [7, 11) is -1.68. The minimum absolute atomic E-state index is 0.168. The molecule has 2 rings (SSSR count). The first kappa shape index (κ1) is 15.7. The van der Waals surface area contributed by atoms with E-state index in [4.69, 9.17) is 0 Å². The summed E-state index contributed by atoms with van der Waals surface area (Å²) in [6.45, 7) is 3.68. The van der Waals surface area contributed by atoms with Crippen LogP contribution in [0.2, 0.25) is 0 Å². The van der Waals surface area contributed by atoms with E-state index in [9.17, 15) is 8.42 Å². The van der Waals surface area contributed by atoms with E-state index in [-0.39, 0.29) is 6.54 Å². The van der Waals surface area contributed by atoms with Gasteiger partial charge in [-0.25, -0.2) is 13.1 Å². The van der Waals surface area contributed by atoms with Gasteiger partial charge in [0.2, 0.25) is 10.0 Å². The molecule has 0 radical (unpaired) electrons. The Labute approximate surface area is 125 Å². The van der Waals surface area contributed by atoms with Gasteiger partial charge in [-0.05, 0) is 25.8 Å². The zero-order valence-corrected chi connectivity index (χ0v) is 13.3. The summed E-state index contributed by atoms with van der Waals surface area (Å²) in [5.74, 6) is 0. The van der Waals surface area contributed by atoms with Crippen molar-refractivity contribution in [2.75, 3.05) is 0 Å². The van der Waals surface area contributed by atoms with Crippen LogP contribution in [0.25, 0.3) is 0 Å². The van der Waals surface area contributed by atoms with Crippen molar-refractivity contribution in [3.63, 3.8) is 0 Å². The van der Waals surface area contributed by atoms with Gasteiger partial charge in [0, 0.05) is 7.05 Å². The minimum Gasteiger partial charge on any atom is -0.212 e. The number of nitrogens with one attached hydrogen (secondary N) is 1. The number of hydrogen-bond donors (Lipinski definition) is 1. The Morgan fingerprint density at radius 1 is 1.24 bits per heavy atom. The van der Waals surface area contributed by atoms with Crippen LogP contribution in [0, 0.1) is 6.92 Å². The molecule has 0 spiro atoms. The Balaban J connectivity index is 1.99. The predicted molar refractivity (Wildman–Crippen MR) is 81.1 cm³/mol. The fraction of sp³-hybridized carbons (Fsp3) is 0.429. The van der Waals surface area contributed by atoms with Crippen molar-refractivity contribution in [3.8, 4) is 0 Å². The van der Waals surface area contributed by atoms with E-state index in [0.29, 0.717) is 12.1 Å². The highest BCUT2D eigenvalue weighted by molar-refractivity contribution is 7.90. The molecule has 2 aromatic rings. The van der Waals surface area contributed by atoms with Crippen molar-refractivity contribution in [3.05, 3.63) is 47.3 Å². The summed E-state index contributed by atoms with van der Waals surface area (Å²) in [6, 6.07) is 9.59. The Morgan fingerprint density at radius 3 is 2.48 bits per heavy atom. The lowest BCUT2D eigenvalue weighted by molar-refractivity contribution is 0.565. The second-order valence-corrected chi connectivity index (χ2v) is 7.27. The molecule has 1 aromatic heterocycles. The molecule has 0 saturated carbocycles. The van der Waals surface area contributed by atoms with E-state index in [2.05, 4.69) is 14.9 Å². The quantitative estimate of drug-likeness (QED) is 0.869. The molecule has 0 aliphatic carbocycles. The van der Waals surface area contributed by atoms with Gasteiger partial charge in [0.1, 0.15) is 5.69 Å². The van der Waals surface area contributed by atoms with Crippen LogP contribution in [-0.4, -0.2) is 28.7 Å². The van der Waals surface area contributed by atoms with Crippen LogP contribution in [0.3, 0.4) is 0 Å². The average Bonchev–Trinajstić information content (AvgIpc) is 2.76. The molecule has 21 heavy (non-hydrogen) atoms. The number of nitrogens with zero attached hydrogens (tertiary/aromatic N) is 3. The Morgan fingerprint density at radius 2 is 1.90 bits per heavy atom. The van der Waals surface area contributed by atoms with E-state index < -0.39 is 15.3 Å². The van der Waals surface area contributed by atoms with Gasteiger partial charge in [0.05, 0.1) is 17.5 Å². The van der Waals surface area contributed by atoms with Crippen LogP contribution in [-0.2, 0) is 30.0 Å². The van der Waals surface area contributed by atoms with Crippen LogP contribution in [0.4, 0.5) is 0 Å². The van der Waals surface area contributed by atoms with Crippen LogP contribution in [0.1, 0.15) is 23.9 Å². The molecule has 0 bridgehead atoms. The highest BCUT2D eigenvalue weighted by atomic mass is 32.2. The highest BCUT2D eigenvalue weighted by Gasteiger charge is 2.21. The average molecular weight is 308 g/mol. The van der Waals surface area contributed by atoms with Gasteiger partial charge >= 0.3 is 0 Å². The van der Waals surface area contributed by atoms with Gasteiger partial charge in [-0.2, -0.15) is 15.0 Å². The molecule has 0 aliphatic rings. The molecular formula is C14H20N4O2S. The third kappa shape index (κ3) is 4.12. The normalized spacial score (nSPS) is 13.3. The van der Waals surface area contributed by atoms with E-state index in [1.165, 1.54) is 4.80 Å². The van der Waals surface area contributed by atoms with Crippen molar-refractivity contribution < 1.29 is 8.42 Å². The SMILES string of the molecule is Cc1nn(C)nc1CNS(=O)(=O)C(C)Cc1ccccc1. The number of benzene rings is 1. The van der Waals surface area contributed by atoms with Crippen molar-refractivity contribution >= 4 is 10.0 Å². The molecule has 1 atom stereocenters. The fourth-order valence-corrected chi connectivity index (χ4v) is 3.11. The lowest BCUT2D eigenvalue weighted by Gasteiger charge is -2.13. The summed E-state index contributed by atoms with van der Waals surface area (Å²) >= 11 is 0. The standard InChI is InChI=1S/C14H20N4O2S/c1-11(9-13-7-5-4-6-8-13)21(19,20)15-10-14-12(2)16-18(3)17-14/h4-8,11,15H,9-10H2,1-3H3. The second-order valence-electron chi connectivity index (χ2n) is 5.09. The number of rotatable bonds is 6. The first-order chi connectivity index (χ1) is 9.88. The van der Waals surface area contributed by atoms with Gasteiger partial charge in [-0.15, -0.1) is 0 Å². The maximum atomic E-state index is 12.3. The van der Waals surface area contributed by atoms with E-state index in [0.717, 1.165) is 11.3 Å². The number of aryl methyl sites for hydroxylation is 2. The monoisotopic (exact) mass is 308 g/mol. The lowest BCUT2D eigenvalue weighted by Crippen LogP contribution is -2.33. The second kappa shape index (κ2) is 6.36. The number of hydrogen-bond acceptors (Lipinski definition) is 4. The van der Waals surface area contributed by atoms with Crippen LogP contribution in [0.5, 0.6) is 0 Å². The zero-order valence-electron chi connectivity index (χ0n) is 12.4. The highest BCUT2D eigenvalue weighted by Crippen LogP contribution is 2.10. The van der Waals surface area contributed by atoms with Gasteiger partial charge in [0.25, 0.3) is 0 Å². The van der Waals surface area contributed by atoms with Crippen molar-refractivity contribution in [2.24, 2.45) is 7.05 Å². The molecule has 114 valence electrons. The van der Waals surface area contributed by atoms with Gasteiger partial charge in [-0.3, -0.25) is 0 Å². The molecule has 0 saturated heterocycles. The summed E-state index contributed by atoms with van der Waals surface area (Å²) in [6.07, 6.45) is 0.482. The van der Waals surface area contributed by atoms with Crippen LogP contribution < -0.4 is 4.72 Å². The molecule has 0 aliphatic heterocycles. The zero-order chi connectivity index (χ0) is 15.5. The molecule has 0 amide bonds. The van der Waals surface area contributed by atoms with E-state index in [1.807, 2.05) is 37.3 Å². The van der Waals surface area contributed by atoms with Gasteiger partial charge in [-0.1, -0.05) is 30.3 Å². The van der Waals surface area contributed by atoms with Crippen molar-refractivity contribution in [1.82, 2.24) is 19.7 Å². The number of aromatic nitrogens is 3. The van der Waals surface area contributed by atoms with E-state index >= 15 is 0 Å². The topological polar surface area (TPSA) is 76.9 Å². The van der Waals surface area contributed by atoms with Gasteiger partial charge < -0.3 is 0 Å². The number of sulfonamides is 1. The largest absolute Gasteiger partial charge is 0.214 e. The maximum Gasteiger partial charge on any atom is 0.214 e. The van der Waals surface area contributed by atoms with Crippen molar-refractivity contribution in [2.45, 2.75) is 32.1 Å². The predicted octanol–water partition coefficient (Wildman–Crippen LogP) is 1.17. The third-order valence-electron chi connectivity index (χ3n) is 3.31. The minimum atomic E-state index is -3.39. The van der Waals surface area contributed by atoms with Crippen LogP contribution >= 0.6 is 0 Å². The summed E-state index contributed by atoms with van der Waals surface area (Å²) in [4.78, 5) is 1.44. The smallest absolute Gasteiger partial charge is 0.212 e. The first-order valence-corrected chi connectivity index (χ1v) is 8.32. The Kier molecular flexibility index (Phi) is 4.74. The molecule has 0 fully saturated rings. The summed E-state index contributed by atoms with van der Waals surface area (Å²) in [5.41, 5.74) is 2.38. The van der Waals surface area contributed by atoms with E-state index in [1.54, 1.807) is 14.0 Å². The van der Waals surface area contributed by atoms with Crippen LogP contribution in [0.15, 0.2) is 30.3 Å². The summed E-state index contributed by atoms with van der Waals surface area (Å²) < 4.78 is 27.1. The molecule has 1 unspecified atom stereocenters. The first-order valence-electron chi connectivity index (χ1n) is 6.77. The Bertz CT molecular complexity index is 695. The molecule has 6 nitrogen and oxygen atoms in total. The molecule has 1 heterocycles. The molecular weight excluding hydrogens is 288 g/mol. The lowest BCUT2D eigenvalue weighted by atomic mass is 10.1. The summed E-state index contributed by atoms with van der Waals surface area (Å²) in [5, 5.41) is 7.73.